The Kier molecular flexibility index (Phi) is 7.46. The lowest BCUT2D eigenvalue weighted by molar-refractivity contribution is 0.242. The summed E-state index contributed by atoms with van der Waals surface area (Å²) in [7, 11) is -3.59. The third-order valence-electron chi connectivity index (χ3n) is 4.98. The maximum absolute atomic E-state index is 13.4. The Hall–Kier alpha value is -2.70. The van der Waals surface area contributed by atoms with Crippen LogP contribution in [0.15, 0.2) is 77.7 Å². The molecule has 1 atom stereocenters. The van der Waals surface area contributed by atoms with Gasteiger partial charge < -0.3 is 4.74 Å². The van der Waals surface area contributed by atoms with E-state index in [2.05, 4.69) is 4.72 Å². The molecule has 3 aromatic carbocycles. The average molecular weight is 442 g/mol. The zero-order chi connectivity index (χ0) is 22.4. The van der Waals surface area contributed by atoms with Crippen LogP contribution in [0.3, 0.4) is 0 Å². The largest absolute Gasteiger partial charge is 0.491 e. The summed E-state index contributed by atoms with van der Waals surface area (Å²) in [6.07, 6.45) is 0.608. The van der Waals surface area contributed by atoms with Gasteiger partial charge in [0.2, 0.25) is 10.0 Å². The molecule has 0 aromatic heterocycles. The first-order valence-corrected chi connectivity index (χ1v) is 11.8. The van der Waals surface area contributed by atoms with Gasteiger partial charge in [-0.1, -0.05) is 42.0 Å². The van der Waals surface area contributed by atoms with Crippen LogP contribution in [0.25, 0.3) is 0 Å². The SMILES string of the molecule is Cc1ccc(S(=O)(=O)NCC[C@@H](c2ccc(F)cc2)c2ccc(OC(C)C)cc2)cc1. The van der Waals surface area contributed by atoms with Gasteiger partial charge in [0, 0.05) is 12.5 Å². The van der Waals surface area contributed by atoms with Gasteiger partial charge in [-0.05, 0) is 74.7 Å². The number of sulfonamides is 1. The molecular formula is C25H28FNO3S. The summed E-state index contributed by atoms with van der Waals surface area (Å²) < 4.78 is 47.1. The van der Waals surface area contributed by atoms with E-state index in [4.69, 9.17) is 4.74 Å². The molecule has 0 aliphatic carbocycles. The van der Waals surface area contributed by atoms with Crippen LogP contribution in [0.1, 0.15) is 42.9 Å². The van der Waals surface area contributed by atoms with Gasteiger partial charge in [0.15, 0.2) is 0 Å². The molecule has 0 fully saturated rings. The summed E-state index contributed by atoms with van der Waals surface area (Å²) in [6, 6.07) is 20.8. The highest BCUT2D eigenvalue weighted by Crippen LogP contribution is 2.29. The van der Waals surface area contributed by atoms with Gasteiger partial charge in [-0.25, -0.2) is 17.5 Å². The molecule has 0 saturated heterocycles. The zero-order valence-electron chi connectivity index (χ0n) is 18.0. The molecule has 0 heterocycles. The fourth-order valence-corrected chi connectivity index (χ4v) is 4.46. The normalized spacial score (nSPS) is 12.7. The molecular weight excluding hydrogens is 413 g/mol. The Labute approximate surface area is 184 Å². The first kappa shape index (κ1) is 23.0. The van der Waals surface area contributed by atoms with Crippen LogP contribution in [-0.4, -0.2) is 21.1 Å². The fourth-order valence-electron chi connectivity index (χ4n) is 3.41. The second-order valence-corrected chi connectivity index (χ2v) is 9.61. The predicted octanol–water partition coefficient (Wildman–Crippen LogP) is 5.42. The van der Waals surface area contributed by atoms with Crippen molar-refractivity contribution in [1.82, 2.24) is 4.72 Å². The lowest BCUT2D eigenvalue weighted by Gasteiger charge is -2.19. The van der Waals surface area contributed by atoms with E-state index in [1.165, 1.54) is 12.1 Å². The molecule has 3 rings (SSSR count). The van der Waals surface area contributed by atoms with Gasteiger partial charge in [0.1, 0.15) is 11.6 Å². The molecule has 0 unspecified atom stereocenters. The maximum Gasteiger partial charge on any atom is 0.240 e. The molecule has 0 saturated carbocycles. The van der Waals surface area contributed by atoms with Gasteiger partial charge >= 0.3 is 0 Å². The van der Waals surface area contributed by atoms with Gasteiger partial charge in [-0.3, -0.25) is 0 Å². The van der Waals surface area contributed by atoms with Crippen LogP contribution < -0.4 is 9.46 Å². The van der Waals surface area contributed by atoms with Crippen molar-refractivity contribution in [3.8, 4) is 5.75 Å². The summed E-state index contributed by atoms with van der Waals surface area (Å²) in [5.74, 6) is 0.384. The van der Waals surface area contributed by atoms with Crippen LogP contribution in [-0.2, 0) is 10.0 Å². The highest BCUT2D eigenvalue weighted by molar-refractivity contribution is 7.89. The van der Waals surface area contributed by atoms with Crippen LogP contribution in [0.5, 0.6) is 5.75 Å². The fraction of sp³-hybridized carbons (Fsp3) is 0.280. The summed E-state index contributed by atoms with van der Waals surface area (Å²) in [4.78, 5) is 0.242. The number of benzene rings is 3. The topological polar surface area (TPSA) is 55.4 Å². The lowest BCUT2D eigenvalue weighted by atomic mass is 9.88. The highest BCUT2D eigenvalue weighted by Gasteiger charge is 2.18. The zero-order valence-corrected chi connectivity index (χ0v) is 18.8. The Morgan fingerprint density at radius 3 is 1.97 bits per heavy atom. The number of hydrogen-bond donors (Lipinski definition) is 1. The molecule has 0 radical (unpaired) electrons. The van der Waals surface area contributed by atoms with Crippen molar-refractivity contribution in [2.75, 3.05) is 6.54 Å². The first-order valence-electron chi connectivity index (χ1n) is 10.3. The Morgan fingerprint density at radius 2 is 1.42 bits per heavy atom. The average Bonchev–Trinajstić information content (AvgIpc) is 2.73. The summed E-state index contributed by atoms with van der Waals surface area (Å²) in [6.45, 7) is 6.10. The predicted molar refractivity (Wildman–Crippen MR) is 121 cm³/mol. The first-order chi connectivity index (χ1) is 14.7. The number of hydrogen-bond acceptors (Lipinski definition) is 3. The molecule has 164 valence electrons. The van der Waals surface area contributed by atoms with E-state index in [1.807, 2.05) is 45.0 Å². The van der Waals surface area contributed by atoms with E-state index in [0.717, 1.165) is 22.4 Å². The molecule has 0 aliphatic heterocycles. The minimum absolute atomic E-state index is 0.0786. The molecule has 3 aromatic rings. The van der Waals surface area contributed by atoms with E-state index in [-0.39, 0.29) is 29.3 Å². The van der Waals surface area contributed by atoms with E-state index in [9.17, 15) is 12.8 Å². The Balaban J connectivity index is 1.77. The standard InChI is InChI=1S/C25H28FNO3S/c1-18(2)30-23-12-8-21(9-13-23)25(20-6-10-22(26)11-7-20)16-17-27-31(28,29)24-14-4-19(3)5-15-24/h4-15,18,25,27H,16-17H2,1-3H3/t25-/m0/s1. The third kappa shape index (κ3) is 6.39. The third-order valence-corrected chi connectivity index (χ3v) is 6.46. The van der Waals surface area contributed by atoms with Crippen molar-refractivity contribution in [2.45, 2.75) is 44.1 Å². The van der Waals surface area contributed by atoms with Crippen molar-refractivity contribution in [3.63, 3.8) is 0 Å². The van der Waals surface area contributed by atoms with E-state index >= 15 is 0 Å². The van der Waals surface area contributed by atoms with E-state index < -0.39 is 10.0 Å². The van der Waals surface area contributed by atoms with Crippen LogP contribution in [0.2, 0.25) is 0 Å². The molecule has 0 bridgehead atoms. The quantitative estimate of drug-likeness (QED) is 0.482. The van der Waals surface area contributed by atoms with E-state index in [0.29, 0.717) is 6.42 Å². The van der Waals surface area contributed by atoms with E-state index in [1.54, 1.807) is 36.4 Å². The van der Waals surface area contributed by atoms with Crippen LogP contribution in [0.4, 0.5) is 4.39 Å². The lowest BCUT2D eigenvalue weighted by Crippen LogP contribution is -2.26. The smallest absolute Gasteiger partial charge is 0.240 e. The van der Waals surface area contributed by atoms with Crippen molar-refractivity contribution in [3.05, 3.63) is 95.3 Å². The maximum atomic E-state index is 13.4. The number of nitrogens with one attached hydrogen (secondary N) is 1. The Bertz CT molecular complexity index is 1080. The molecule has 1 N–H and O–H groups in total. The monoisotopic (exact) mass is 441 g/mol. The van der Waals surface area contributed by atoms with Gasteiger partial charge in [-0.2, -0.15) is 0 Å². The number of aryl methyl sites for hydroxylation is 1. The van der Waals surface area contributed by atoms with Gasteiger partial charge in [-0.15, -0.1) is 0 Å². The summed E-state index contributed by atoms with van der Waals surface area (Å²) in [5.41, 5.74) is 2.94. The van der Waals surface area contributed by atoms with Crippen LogP contribution in [0, 0.1) is 12.7 Å². The summed E-state index contributed by atoms with van der Waals surface area (Å²) in [5, 5.41) is 0. The second kappa shape index (κ2) is 10.1. The van der Waals surface area contributed by atoms with Crippen molar-refractivity contribution >= 4 is 10.0 Å². The second-order valence-electron chi connectivity index (χ2n) is 7.84. The van der Waals surface area contributed by atoms with Crippen molar-refractivity contribution in [1.29, 1.82) is 0 Å². The minimum Gasteiger partial charge on any atom is -0.491 e. The number of ether oxygens (including phenoxy) is 1. The van der Waals surface area contributed by atoms with Crippen LogP contribution >= 0.6 is 0 Å². The molecule has 0 amide bonds. The minimum atomic E-state index is -3.59. The molecule has 0 aliphatic rings. The number of halogens is 1. The molecule has 6 heteroatoms. The van der Waals surface area contributed by atoms with Gasteiger partial charge in [0.05, 0.1) is 11.0 Å². The summed E-state index contributed by atoms with van der Waals surface area (Å²) >= 11 is 0. The Morgan fingerprint density at radius 1 is 0.871 bits per heavy atom. The van der Waals surface area contributed by atoms with Crippen molar-refractivity contribution < 1.29 is 17.5 Å². The molecule has 0 spiro atoms. The highest BCUT2D eigenvalue weighted by atomic mass is 32.2. The van der Waals surface area contributed by atoms with Crippen molar-refractivity contribution in [2.24, 2.45) is 0 Å². The molecule has 4 nitrogen and oxygen atoms in total. The number of rotatable bonds is 9. The molecule has 31 heavy (non-hydrogen) atoms. The van der Waals surface area contributed by atoms with Gasteiger partial charge in [0.25, 0.3) is 0 Å².